The van der Waals surface area contributed by atoms with Crippen LogP contribution in [0.5, 0.6) is 0 Å². The lowest BCUT2D eigenvalue weighted by molar-refractivity contribution is -0.139. The van der Waals surface area contributed by atoms with Crippen molar-refractivity contribution < 1.29 is 19.4 Å². The van der Waals surface area contributed by atoms with Crippen molar-refractivity contribution in [3.63, 3.8) is 0 Å². The molecule has 1 atom stereocenters. The van der Waals surface area contributed by atoms with Gasteiger partial charge in [-0.1, -0.05) is 0 Å². The van der Waals surface area contributed by atoms with E-state index in [0.717, 1.165) is 12.8 Å². The minimum Gasteiger partial charge on any atom is -0.480 e. The molecule has 5 heteroatoms. The Kier molecular flexibility index (Phi) is 2.23. The first-order chi connectivity index (χ1) is 6.22. The molecule has 74 valence electrons. The fourth-order valence-corrected chi connectivity index (χ4v) is 1.77. The van der Waals surface area contributed by atoms with Crippen molar-refractivity contribution in [3.8, 4) is 0 Å². The Morgan fingerprint density at radius 1 is 1.46 bits per heavy atom. The smallest absolute Gasteiger partial charge is 0.323 e. The van der Waals surface area contributed by atoms with Crippen molar-refractivity contribution in [1.82, 2.24) is 5.32 Å². The summed E-state index contributed by atoms with van der Waals surface area (Å²) in [7, 11) is 0. The van der Waals surface area contributed by atoms with Gasteiger partial charge in [-0.3, -0.25) is 10.1 Å². The Morgan fingerprint density at radius 2 is 2.15 bits per heavy atom. The average molecular weight is 187 g/mol. The minimum absolute atomic E-state index is 0.259. The van der Waals surface area contributed by atoms with Gasteiger partial charge in [0.1, 0.15) is 11.8 Å². The summed E-state index contributed by atoms with van der Waals surface area (Å²) in [4.78, 5) is 10.7. The van der Waals surface area contributed by atoms with Crippen LogP contribution in [0, 0.1) is 0 Å². The maximum absolute atomic E-state index is 10.7. The van der Waals surface area contributed by atoms with Crippen LogP contribution in [0.1, 0.15) is 12.8 Å². The second-order valence-electron chi connectivity index (χ2n) is 3.45. The van der Waals surface area contributed by atoms with Crippen molar-refractivity contribution in [2.24, 2.45) is 0 Å². The number of rotatable bonds is 1. The topological polar surface area (TPSA) is 67.8 Å². The molecule has 2 saturated heterocycles. The van der Waals surface area contributed by atoms with Gasteiger partial charge < -0.3 is 14.6 Å². The summed E-state index contributed by atoms with van der Waals surface area (Å²) >= 11 is 0. The van der Waals surface area contributed by atoms with Gasteiger partial charge in [0.15, 0.2) is 0 Å². The van der Waals surface area contributed by atoms with E-state index in [9.17, 15) is 4.79 Å². The summed E-state index contributed by atoms with van der Waals surface area (Å²) in [6.45, 7) is 1.54. The first kappa shape index (κ1) is 8.93. The van der Waals surface area contributed by atoms with Crippen LogP contribution >= 0.6 is 0 Å². The Hall–Kier alpha value is -0.650. The number of aliphatic carboxylic acids is 1. The first-order valence-corrected chi connectivity index (χ1v) is 4.44. The van der Waals surface area contributed by atoms with E-state index in [-0.39, 0.29) is 6.61 Å². The molecule has 0 aromatic rings. The summed E-state index contributed by atoms with van der Waals surface area (Å²) in [5, 5.41) is 11.8. The zero-order chi connectivity index (χ0) is 9.31. The first-order valence-electron chi connectivity index (χ1n) is 4.44. The SMILES string of the molecule is O=C(O)C1COC2(CCOCC2)N1. The molecule has 0 aromatic carbocycles. The molecule has 2 aliphatic rings. The molecule has 0 amide bonds. The second-order valence-corrected chi connectivity index (χ2v) is 3.45. The molecule has 5 nitrogen and oxygen atoms in total. The molecule has 2 heterocycles. The van der Waals surface area contributed by atoms with E-state index in [4.69, 9.17) is 14.6 Å². The number of carboxylic acid groups (broad SMARTS) is 1. The summed E-state index contributed by atoms with van der Waals surface area (Å²) in [5.41, 5.74) is -0.429. The number of nitrogens with one attached hydrogen (secondary N) is 1. The van der Waals surface area contributed by atoms with Crippen LogP contribution in [0.2, 0.25) is 0 Å². The van der Waals surface area contributed by atoms with Crippen LogP contribution in [0.3, 0.4) is 0 Å². The van der Waals surface area contributed by atoms with Gasteiger partial charge in [0.25, 0.3) is 0 Å². The van der Waals surface area contributed by atoms with Crippen molar-refractivity contribution in [2.75, 3.05) is 19.8 Å². The van der Waals surface area contributed by atoms with E-state index < -0.39 is 17.7 Å². The molecule has 1 spiro atoms. The molecule has 0 aromatic heterocycles. The highest BCUT2D eigenvalue weighted by atomic mass is 16.5. The molecule has 1 unspecified atom stereocenters. The third kappa shape index (κ3) is 1.67. The van der Waals surface area contributed by atoms with E-state index in [2.05, 4.69) is 5.32 Å². The number of ether oxygens (including phenoxy) is 2. The van der Waals surface area contributed by atoms with Crippen LogP contribution in [-0.4, -0.2) is 42.7 Å². The maximum atomic E-state index is 10.7. The van der Waals surface area contributed by atoms with E-state index >= 15 is 0 Å². The van der Waals surface area contributed by atoms with Gasteiger partial charge in [0, 0.05) is 12.8 Å². The highest BCUT2D eigenvalue weighted by Crippen LogP contribution is 2.27. The van der Waals surface area contributed by atoms with Crippen LogP contribution in [0.4, 0.5) is 0 Å². The minimum atomic E-state index is -0.844. The van der Waals surface area contributed by atoms with Gasteiger partial charge in [0.05, 0.1) is 19.8 Å². The van der Waals surface area contributed by atoms with E-state index in [1.165, 1.54) is 0 Å². The number of hydrogen-bond acceptors (Lipinski definition) is 4. The lowest BCUT2D eigenvalue weighted by atomic mass is 10.0. The Labute approximate surface area is 76.0 Å². The number of hydrogen-bond donors (Lipinski definition) is 2. The predicted molar refractivity (Wildman–Crippen MR) is 43.3 cm³/mol. The molecule has 2 aliphatic heterocycles. The van der Waals surface area contributed by atoms with Crippen LogP contribution < -0.4 is 5.32 Å². The molecule has 2 fully saturated rings. The molecule has 2 N–H and O–H groups in total. The largest absolute Gasteiger partial charge is 0.480 e. The highest BCUT2D eigenvalue weighted by Gasteiger charge is 2.43. The Bertz CT molecular complexity index is 212. The van der Waals surface area contributed by atoms with Gasteiger partial charge in [-0.15, -0.1) is 0 Å². The molecule has 13 heavy (non-hydrogen) atoms. The van der Waals surface area contributed by atoms with E-state index in [0.29, 0.717) is 13.2 Å². The lowest BCUT2D eigenvalue weighted by Crippen LogP contribution is -2.50. The van der Waals surface area contributed by atoms with Gasteiger partial charge in [-0.05, 0) is 0 Å². The standard InChI is InChI=1S/C8H13NO4/c10-7(11)6-5-13-8(9-6)1-3-12-4-2-8/h6,9H,1-5H2,(H,10,11). The molecule has 0 bridgehead atoms. The van der Waals surface area contributed by atoms with Crippen LogP contribution in [0.25, 0.3) is 0 Å². The summed E-state index contributed by atoms with van der Waals surface area (Å²) < 4.78 is 10.7. The maximum Gasteiger partial charge on any atom is 0.323 e. The third-order valence-electron chi connectivity index (χ3n) is 2.56. The van der Waals surface area contributed by atoms with E-state index in [1.807, 2.05) is 0 Å². The zero-order valence-corrected chi connectivity index (χ0v) is 7.28. The van der Waals surface area contributed by atoms with Gasteiger partial charge in [-0.25, -0.2) is 0 Å². The van der Waals surface area contributed by atoms with Crippen molar-refractivity contribution >= 4 is 5.97 Å². The summed E-state index contributed by atoms with van der Waals surface area (Å²) in [5.74, 6) is -0.844. The van der Waals surface area contributed by atoms with Crippen molar-refractivity contribution in [3.05, 3.63) is 0 Å². The molecule has 0 radical (unpaired) electrons. The van der Waals surface area contributed by atoms with Crippen LogP contribution in [0.15, 0.2) is 0 Å². The monoisotopic (exact) mass is 187 g/mol. The number of carbonyl (C=O) groups is 1. The molecule has 2 rings (SSSR count). The van der Waals surface area contributed by atoms with Gasteiger partial charge >= 0.3 is 5.97 Å². The highest BCUT2D eigenvalue weighted by molar-refractivity contribution is 5.74. The summed E-state index contributed by atoms with van der Waals surface area (Å²) in [6.07, 6.45) is 1.47. The Morgan fingerprint density at radius 3 is 2.69 bits per heavy atom. The van der Waals surface area contributed by atoms with Crippen molar-refractivity contribution in [1.29, 1.82) is 0 Å². The van der Waals surface area contributed by atoms with E-state index in [1.54, 1.807) is 0 Å². The quantitative estimate of drug-likeness (QED) is 0.583. The normalized spacial score (nSPS) is 32.2. The predicted octanol–water partition coefficient (Wildman–Crippen LogP) is -0.434. The summed E-state index contributed by atoms with van der Waals surface area (Å²) in [6, 6.07) is -0.557. The Balaban J connectivity index is 1.98. The van der Waals surface area contributed by atoms with Crippen molar-refractivity contribution in [2.45, 2.75) is 24.6 Å². The third-order valence-corrected chi connectivity index (χ3v) is 2.56. The number of carboxylic acids is 1. The molecular weight excluding hydrogens is 174 g/mol. The molecule has 0 saturated carbocycles. The lowest BCUT2D eigenvalue weighted by Gasteiger charge is -2.32. The van der Waals surface area contributed by atoms with Crippen LogP contribution in [-0.2, 0) is 14.3 Å². The molecular formula is C8H13NO4. The average Bonchev–Trinajstić information content (AvgIpc) is 2.51. The fourth-order valence-electron chi connectivity index (χ4n) is 1.77. The fraction of sp³-hybridized carbons (Fsp3) is 0.875. The second kappa shape index (κ2) is 3.25. The van der Waals surface area contributed by atoms with Gasteiger partial charge in [-0.2, -0.15) is 0 Å². The zero-order valence-electron chi connectivity index (χ0n) is 7.28. The molecule has 0 aliphatic carbocycles. The van der Waals surface area contributed by atoms with Gasteiger partial charge in [0.2, 0.25) is 0 Å².